The van der Waals surface area contributed by atoms with E-state index in [1.807, 2.05) is 25.1 Å². The van der Waals surface area contributed by atoms with Gasteiger partial charge in [-0.2, -0.15) is 0 Å². The number of nitrogen functional groups attached to an aromatic ring is 1. The normalized spacial score (nSPS) is 19.8. The van der Waals surface area contributed by atoms with Crippen molar-refractivity contribution < 1.29 is 4.74 Å². The Balaban J connectivity index is 2.25. The van der Waals surface area contributed by atoms with Crippen LogP contribution in [0.2, 0.25) is 0 Å². The average Bonchev–Trinajstić information content (AvgIpc) is 2.71. The minimum Gasteiger partial charge on any atom is -0.475 e. The first-order valence-electron chi connectivity index (χ1n) is 5.65. The molecule has 1 aliphatic heterocycles. The fourth-order valence-electron chi connectivity index (χ4n) is 1.70. The monoisotopic (exact) mass is 218 g/mol. The van der Waals surface area contributed by atoms with Crippen LogP contribution in [0.3, 0.4) is 0 Å². The molecule has 1 atom stereocenters. The summed E-state index contributed by atoms with van der Waals surface area (Å²) >= 11 is 0. The van der Waals surface area contributed by atoms with Crippen molar-refractivity contribution in [1.82, 2.24) is 0 Å². The Morgan fingerprint density at radius 1 is 1.44 bits per heavy atom. The van der Waals surface area contributed by atoms with Crippen LogP contribution in [0.5, 0.6) is 0 Å². The van der Waals surface area contributed by atoms with Crippen LogP contribution in [0, 0.1) is 12.8 Å². The van der Waals surface area contributed by atoms with Crippen molar-refractivity contribution >= 4 is 11.6 Å². The molecule has 0 radical (unpaired) electrons. The summed E-state index contributed by atoms with van der Waals surface area (Å²) in [6, 6.07) is 6.17. The Morgan fingerprint density at radius 3 is 2.75 bits per heavy atom. The molecular weight excluding hydrogens is 200 g/mol. The Bertz CT molecular complexity index is 424. The van der Waals surface area contributed by atoms with Crippen LogP contribution in [0.25, 0.3) is 0 Å². The number of hydrogen-bond acceptors (Lipinski definition) is 3. The van der Waals surface area contributed by atoms with Gasteiger partial charge in [-0.15, -0.1) is 0 Å². The summed E-state index contributed by atoms with van der Waals surface area (Å²) in [6.07, 6.45) is 0. The van der Waals surface area contributed by atoms with Gasteiger partial charge in [0.2, 0.25) is 5.90 Å². The largest absolute Gasteiger partial charge is 0.475 e. The first-order chi connectivity index (χ1) is 7.58. The van der Waals surface area contributed by atoms with Crippen LogP contribution in [-0.2, 0) is 4.74 Å². The molecule has 0 spiro atoms. The fraction of sp³-hybridized carbons (Fsp3) is 0.462. The number of nitrogens with two attached hydrogens (primary N) is 1. The topological polar surface area (TPSA) is 47.6 Å². The quantitative estimate of drug-likeness (QED) is 0.775. The lowest BCUT2D eigenvalue weighted by Crippen LogP contribution is -2.13. The van der Waals surface area contributed by atoms with E-state index in [0.29, 0.717) is 12.5 Å². The Kier molecular flexibility index (Phi) is 2.86. The second kappa shape index (κ2) is 4.16. The third kappa shape index (κ3) is 2.03. The predicted molar refractivity (Wildman–Crippen MR) is 66.7 cm³/mol. The van der Waals surface area contributed by atoms with Crippen LogP contribution in [0.1, 0.15) is 25.0 Å². The molecule has 1 aromatic rings. The molecule has 0 aliphatic carbocycles. The van der Waals surface area contributed by atoms with Crippen LogP contribution >= 0.6 is 0 Å². The zero-order valence-electron chi connectivity index (χ0n) is 10.0. The highest BCUT2D eigenvalue weighted by Crippen LogP contribution is 2.20. The van der Waals surface area contributed by atoms with Gasteiger partial charge >= 0.3 is 0 Å². The molecule has 86 valence electrons. The van der Waals surface area contributed by atoms with Gasteiger partial charge in [0.15, 0.2) is 0 Å². The van der Waals surface area contributed by atoms with E-state index in [9.17, 15) is 0 Å². The second-order valence-electron chi connectivity index (χ2n) is 4.63. The molecule has 16 heavy (non-hydrogen) atoms. The summed E-state index contributed by atoms with van der Waals surface area (Å²) in [5.41, 5.74) is 8.68. The summed E-state index contributed by atoms with van der Waals surface area (Å²) in [5, 5.41) is 0. The molecule has 0 saturated heterocycles. The number of aliphatic imine (C=N–C) groups is 1. The van der Waals surface area contributed by atoms with Crippen molar-refractivity contribution in [2.75, 3.05) is 12.3 Å². The van der Waals surface area contributed by atoms with E-state index in [-0.39, 0.29) is 6.04 Å². The lowest BCUT2D eigenvalue weighted by Gasteiger charge is -2.06. The lowest BCUT2D eigenvalue weighted by atomic mass is 10.1. The fourth-order valence-corrected chi connectivity index (χ4v) is 1.70. The van der Waals surface area contributed by atoms with Crippen molar-refractivity contribution in [3.05, 3.63) is 29.3 Å². The van der Waals surface area contributed by atoms with E-state index in [4.69, 9.17) is 10.5 Å². The van der Waals surface area contributed by atoms with Crippen LogP contribution in [0.15, 0.2) is 23.2 Å². The smallest absolute Gasteiger partial charge is 0.216 e. The van der Waals surface area contributed by atoms with Gasteiger partial charge in [-0.1, -0.05) is 13.8 Å². The molecule has 1 aliphatic rings. The molecular formula is C13H18N2O. The van der Waals surface area contributed by atoms with E-state index >= 15 is 0 Å². The first-order valence-corrected chi connectivity index (χ1v) is 5.65. The third-order valence-electron chi connectivity index (χ3n) is 2.96. The van der Waals surface area contributed by atoms with E-state index in [2.05, 4.69) is 18.8 Å². The average molecular weight is 218 g/mol. The molecule has 2 N–H and O–H groups in total. The van der Waals surface area contributed by atoms with E-state index < -0.39 is 0 Å². The molecule has 3 nitrogen and oxygen atoms in total. The highest BCUT2D eigenvalue weighted by molar-refractivity contribution is 5.95. The van der Waals surface area contributed by atoms with Crippen LogP contribution in [0.4, 0.5) is 5.69 Å². The minimum atomic E-state index is 0.285. The van der Waals surface area contributed by atoms with Gasteiger partial charge < -0.3 is 10.5 Å². The van der Waals surface area contributed by atoms with Crippen LogP contribution in [-0.4, -0.2) is 18.5 Å². The predicted octanol–water partition coefficient (Wildman–Crippen LogP) is 2.38. The summed E-state index contributed by atoms with van der Waals surface area (Å²) in [4.78, 5) is 4.58. The number of ether oxygens (including phenoxy) is 1. The maximum absolute atomic E-state index is 5.78. The maximum Gasteiger partial charge on any atom is 0.216 e. The SMILES string of the molecule is Cc1cc(C2=N[C@H](C(C)C)CO2)ccc1N. The van der Waals surface area contributed by atoms with Gasteiger partial charge in [-0.3, -0.25) is 0 Å². The highest BCUT2D eigenvalue weighted by Gasteiger charge is 2.22. The standard InChI is InChI=1S/C13H18N2O/c1-8(2)12-7-16-13(15-12)10-4-5-11(14)9(3)6-10/h4-6,8,12H,7,14H2,1-3H3/t12-/m0/s1. The van der Waals surface area contributed by atoms with E-state index in [0.717, 1.165) is 22.7 Å². The van der Waals surface area contributed by atoms with Gasteiger partial charge in [0.05, 0.1) is 6.04 Å². The Labute approximate surface area is 96.3 Å². The second-order valence-corrected chi connectivity index (χ2v) is 4.63. The van der Waals surface area contributed by atoms with Crippen LogP contribution < -0.4 is 5.73 Å². The maximum atomic E-state index is 5.78. The van der Waals surface area contributed by atoms with Gasteiger partial charge in [-0.25, -0.2) is 4.99 Å². The van der Waals surface area contributed by atoms with Gasteiger partial charge in [0, 0.05) is 11.3 Å². The van der Waals surface area contributed by atoms with Crippen molar-refractivity contribution in [1.29, 1.82) is 0 Å². The van der Waals surface area contributed by atoms with Gasteiger partial charge in [-0.05, 0) is 36.6 Å². The zero-order chi connectivity index (χ0) is 11.7. The molecule has 2 rings (SSSR count). The summed E-state index contributed by atoms with van der Waals surface area (Å²) < 4.78 is 5.62. The number of benzene rings is 1. The van der Waals surface area contributed by atoms with Gasteiger partial charge in [0.1, 0.15) is 6.61 Å². The molecule has 3 heteroatoms. The van der Waals surface area contributed by atoms with Crippen molar-refractivity contribution in [3.8, 4) is 0 Å². The highest BCUT2D eigenvalue weighted by atomic mass is 16.5. The molecule has 0 amide bonds. The molecule has 0 unspecified atom stereocenters. The van der Waals surface area contributed by atoms with Crippen molar-refractivity contribution in [3.63, 3.8) is 0 Å². The molecule has 1 heterocycles. The number of anilines is 1. The van der Waals surface area contributed by atoms with E-state index in [1.165, 1.54) is 0 Å². The summed E-state index contributed by atoms with van der Waals surface area (Å²) in [5.74, 6) is 1.27. The zero-order valence-corrected chi connectivity index (χ0v) is 10.0. The first kappa shape index (κ1) is 11.0. The van der Waals surface area contributed by atoms with Crippen molar-refractivity contribution in [2.24, 2.45) is 10.9 Å². The summed E-state index contributed by atoms with van der Waals surface area (Å²) in [7, 11) is 0. The van der Waals surface area contributed by atoms with Crippen molar-refractivity contribution in [2.45, 2.75) is 26.8 Å². The van der Waals surface area contributed by atoms with Gasteiger partial charge in [0.25, 0.3) is 0 Å². The summed E-state index contributed by atoms with van der Waals surface area (Å²) in [6.45, 7) is 7.01. The van der Waals surface area contributed by atoms with E-state index in [1.54, 1.807) is 0 Å². The third-order valence-corrected chi connectivity index (χ3v) is 2.96. The molecule has 0 bridgehead atoms. The molecule has 0 saturated carbocycles. The number of aryl methyl sites for hydroxylation is 1. The number of rotatable bonds is 2. The number of nitrogens with zero attached hydrogens (tertiary/aromatic N) is 1. The molecule has 1 aromatic carbocycles. The minimum absolute atomic E-state index is 0.285. The lowest BCUT2D eigenvalue weighted by molar-refractivity contribution is 0.292. The Morgan fingerprint density at radius 2 is 2.19 bits per heavy atom. The molecule has 0 aromatic heterocycles. The Hall–Kier alpha value is -1.51. The number of hydrogen-bond donors (Lipinski definition) is 1. The molecule has 0 fully saturated rings.